The number of nitro benzene ring substituents is 1. The molecule has 2 aromatic carbocycles. The molecule has 1 atom stereocenters. The van der Waals surface area contributed by atoms with Crippen LogP contribution in [0.15, 0.2) is 36.4 Å². The summed E-state index contributed by atoms with van der Waals surface area (Å²) in [6.45, 7) is 2.82. The SMILES string of the molecule is Cc1c(C(=O)O[C@H](C)C(=O)Nc2cc(Cl)cc(Cl)c2)cccc1[N+](=O)[O-]. The molecule has 0 aliphatic rings. The molecule has 7 nitrogen and oxygen atoms in total. The lowest BCUT2D eigenvalue weighted by Gasteiger charge is -2.14. The molecule has 0 fully saturated rings. The summed E-state index contributed by atoms with van der Waals surface area (Å²) in [5, 5.41) is 14.2. The quantitative estimate of drug-likeness (QED) is 0.458. The van der Waals surface area contributed by atoms with E-state index in [9.17, 15) is 19.7 Å². The van der Waals surface area contributed by atoms with Gasteiger partial charge in [0.15, 0.2) is 6.10 Å². The van der Waals surface area contributed by atoms with Gasteiger partial charge in [0.05, 0.1) is 10.5 Å². The summed E-state index contributed by atoms with van der Waals surface area (Å²) in [5.41, 5.74) is 0.327. The van der Waals surface area contributed by atoms with E-state index in [-0.39, 0.29) is 16.8 Å². The summed E-state index contributed by atoms with van der Waals surface area (Å²) < 4.78 is 5.11. The van der Waals surface area contributed by atoms with E-state index in [0.29, 0.717) is 15.7 Å². The van der Waals surface area contributed by atoms with Crippen molar-refractivity contribution in [1.29, 1.82) is 0 Å². The van der Waals surface area contributed by atoms with Crippen LogP contribution in [0.2, 0.25) is 10.0 Å². The maximum absolute atomic E-state index is 12.2. The van der Waals surface area contributed by atoms with Crippen LogP contribution in [0.25, 0.3) is 0 Å². The summed E-state index contributed by atoms with van der Waals surface area (Å²) in [7, 11) is 0. The van der Waals surface area contributed by atoms with E-state index in [1.54, 1.807) is 0 Å². The van der Waals surface area contributed by atoms with Crippen molar-refractivity contribution in [2.24, 2.45) is 0 Å². The Hall–Kier alpha value is -2.64. The van der Waals surface area contributed by atoms with Gasteiger partial charge in [-0.1, -0.05) is 29.3 Å². The molecule has 2 aromatic rings. The van der Waals surface area contributed by atoms with E-state index in [4.69, 9.17) is 27.9 Å². The Labute approximate surface area is 159 Å². The van der Waals surface area contributed by atoms with Gasteiger partial charge in [-0.25, -0.2) is 4.79 Å². The number of esters is 1. The lowest BCUT2D eigenvalue weighted by Crippen LogP contribution is -2.30. The Morgan fingerprint density at radius 3 is 2.38 bits per heavy atom. The molecule has 26 heavy (non-hydrogen) atoms. The summed E-state index contributed by atoms with van der Waals surface area (Å²) in [6, 6.07) is 8.54. The minimum atomic E-state index is -1.14. The fourth-order valence-corrected chi connectivity index (χ4v) is 2.72. The van der Waals surface area contributed by atoms with Crippen molar-refractivity contribution in [2.75, 3.05) is 5.32 Å². The second-order valence-electron chi connectivity index (χ2n) is 5.40. The lowest BCUT2D eigenvalue weighted by atomic mass is 10.1. The minimum Gasteiger partial charge on any atom is -0.449 e. The number of anilines is 1. The largest absolute Gasteiger partial charge is 0.449 e. The molecule has 0 aliphatic carbocycles. The highest BCUT2D eigenvalue weighted by atomic mass is 35.5. The number of carbonyl (C=O) groups excluding carboxylic acids is 2. The van der Waals surface area contributed by atoms with E-state index in [1.807, 2.05) is 0 Å². The first-order valence-corrected chi connectivity index (χ1v) is 8.16. The first-order valence-electron chi connectivity index (χ1n) is 7.41. The van der Waals surface area contributed by atoms with E-state index in [0.717, 1.165) is 0 Å². The van der Waals surface area contributed by atoms with Gasteiger partial charge in [0.2, 0.25) is 0 Å². The van der Waals surface area contributed by atoms with Crippen LogP contribution in [0.3, 0.4) is 0 Å². The zero-order valence-electron chi connectivity index (χ0n) is 13.8. The fraction of sp³-hybridized carbons (Fsp3) is 0.176. The third kappa shape index (κ3) is 4.71. The van der Waals surface area contributed by atoms with Crippen molar-refractivity contribution < 1.29 is 19.2 Å². The Kier molecular flexibility index (Phi) is 6.18. The van der Waals surface area contributed by atoms with Gasteiger partial charge in [-0.15, -0.1) is 0 Å². The number of amides is 1. The molecule has 0 spiro atoms. The van der Waals surface area contributed by atoms with E-state index >= 15 is 0 Å². The highest BCUT2D eigenvalue weighted by molar-refractivity contribution is 6.35. The molecule has 0 aromatic heterocycles. The highest BCUT2D eigenvalue weighted by Gasteiger charge is 2.23. The van der Waals surface area contributed by atoms with Crippen LogP contribution < -0.4 is 5.32 Å². The molecule has 0 aliphatic heterocycles. The van der Waals surface area contributed by atoms with Crippen molar-refractivity contribution >= 4 is 46.5 Å². The van der Waals surface area contributed by atoms with Crippen LogP contribution >= 0.6 is 23.2 Å². The number of halogens is 2. The summed E-state index contributed by atoms with van der Waals surface area (Å²) in [4.78, 5) is 34.8. The molecular weight excluding hydrogens is 383 g/mol. The Bertz CT molecular complexity index is 865. The molecule has 2 rings (SSSR count). The number of ether oxygens (including phenoxy) is 1. The Morgan fingerprint density at radius 1 is 1.19 bits per heavy atom. The molecule has 0 saturated carbocycles. The summed E-state index contributed by atoms with van der Waals surface area (Å²) in [5.74, 6) is -1.43. The predicted molar refractivity (Wildman–Crippen MR) is 97.8 cm³/mol. The van der Waals surface area contributed by atoms with Crippen molar-refractivity contribution in [3.05, 3.63) is 67.7 Å². The number of nitro groups is 1. The maximum atomic E-state index is 12.2. The Morgan fingerprint density at radius 2 is 1.81 bits per heavy atom. The normalized spacial score (nSPS) is 11.5. The molecule has 1 N–H and O–H groups in total. The molecule has 0 unspecified atom stereocenters. The van der Waals surface area contributed by atoms with Crippen molar-refractivity contribution in [3.63, 3.8) is 0 Å². The molecule has 136 valence electrons. The lowest BCUT2D eigenvalue weighted by molar-refractivity contribution is -0.385. The maximum Gasteiger partial charge on any atom is 0.339 e. The summed E-state index contributed by atoms with van der Waals surface area (Å²) >= 11 is 11.7. The zero-order valence-corrected chi connectivity index (χ0v) is 15.3. The molecule has 9 heteroatoms. The molecule has 0 bridgehead atoms. The molecule has 0 heterocycles. The second kappa shape index (κ2) is 8.16. The number of nitrogens with one attached hydrogen (secondary N) is 1. The number of rotatable bonds is 5. The number of hydrogen-bond acceptors (Lipinski definition) is 5. The fourth-order valence-electron chi connectivity index (χ4n) is 2.19. The van der Waals surface area contributed by atoms with E-state index < -0.39 is 22.9 Å². The van der Waals surface area contributed by atoms with Crippen molar-refractivity contribution in [2.45, 2.75) is 20.0 Å². The van der Waals surface area contributed by atoms with Gasteiger partial charge in [0, 0.05) is 27.4 Å². The third-order valence-electron chi connectivity index (χ3n) is 3.50. The van der Waals surface area contributed by atoms with E-state index in [2.05, 4.69) is 5.32 Å². The van der Waals surface area contributed by atoms with Crippen LogP contribution in [0.1, 0.15) is 22.8 Å². The van der Waals surface area contributed by atoms with Gasteiger partial charge in [-0.3, -0.25) is 14.9 Å². The van der Waals surface area contributed by atoms with Crippen LogP contribution in [-0.2, 0) is 9.53 Å². The number of benzene rings is 2. The topological polar surface area (TPSA) is 98.5 Å². The average Bonchev–Trinajstić information content (AvgIpc) is 2.53. The molecular formula is C17H14Cl2N2O5. The average molecular weight is 397 g/mol. The Balaban J connectivity index is 2.10. The zero-order chi connectivity index (χ0) is 19.4. The van der Waals surface area contributed by atoms with Crippen LogP contribution in [0, 0.1) is 17.0 Å². The first-order chi connectivity index (χ1) is 12.2. The van der Waals surface area contributed by atoms with Crippen molar-refractivity contribution in [3.8, 4) is 0 Å². The first kappa shape index (κ1) is 19.7. The van der Waals surface area contributed by atoms with Crippen LogP contribution in [0.5, 0.6) is 0 Å². The highest BCUT2D eigenvalue weighted by Crippen LogP contribution is 2.24. The van der Waals surface area contributed by atoms with Gasteiger partial charge in [0.1, 0.15) is 0 Å². The van der Waals surface area contributed by atoms with Gasteiger partial charge >= 0.3 is 5.97 Å². The molecule has 1 amide bonds. The van der Waals surface area contributed by atoms with Gasteiger partial charge in [0.25, 0.3) is 11.6 Å². The van der Waals surface area contributed by atoms with Gasteiger partial charge in [-0.05, 0) is 38.1 Å². The molecule has 0 saturated heterocycles. The number of hydrogen-bond donors (Lipinski definition) is 1. The van der Waals surface area contributed by atoms with Crippen molar-refractivity contribution in [1.82, 2.24) is 0 Å². The number of nitrogens with zero attached hydrogens (tertiary/aromatic N) is 1. The van der Waals surface area contributed by atoms with Crippen LogP contribution in [-0.4, -0.2) is 22.9 Å². The predicted octanol–water partition coefficient (Wildman–Crippen LogP) is 4.39. The second-order valence-corrected chi connectivity index (χ2v) is 6.27. The van der Waals surface area contributed by atoms with E-state index in [1.165, 1.54) is 50.2 Å². The molecule has 0 radical (unpaired) electrons. The van der Waals surface area contributed by atoms with Gasteiger partial charge in [-0.2, -0.15) is 0 Å². The van der Waals surface area contributed by atoms with Gasteiger partial charge < -0.3 is 10.1 Å². The van der Waals surface area contributed by atoms with Crippen LogP contribution in [0.4, 0.5) is 11.4 Å². The summed E-state index contributed by atoms with van der Waals surface area (Å²) in [6.07, 6.45) is -1.14. The minimum absolute atomic E-state index is 0.0182. The smallest absolute Gasteiger partial charge is 0.339 e. The monoisotopic (exact) mass is 396 g/mol. The number of carbonyl (C=O) groups is 2. The standard InChI is InChI=1S/C17H14Cl2N2O5/c1-9-14(4-3-5-15(9)21(24)25)17(23)26-10(2)16(22)20-13-7-11(18)6-12(19)8-13/h3-8,10H,1-2H3,(H,20,22)/t10-/m1/s1. The third-order valence-corrected chi connectivity index (χ3v) is 3.94.